The van der Waals surface area contributed by atoms with Crippen molar-refractivity contribution >= 4 is 5.91 Å². The van der Waals surface area contributed by atoms with E-state index in [0.29, 0.717) is 13.1 Å². The molecule has 0 unspecified atom stereocenters. The lowest BCUT2D eigenvalue weighted by Crippen LogP contribution is -2.40. The van der Waals surface area contributed by atoms with E-state index < -0.39 is 0 Å². The molecule has 0 aliphatic carbocycles. The Morgan fingerprint density at radius 1 is 1.46 bits per heavy atom. The number of nitrogens with zero attached hydrogens (tertiary/aromatic N) is 1. The summed E-state index contributed by atoms with van der Waals surface area (Å²) in [6.45, 7) is 8.97. The van der Waals surface area contributed by atoms with Crippen LogP contribution in [-0.4, -0.2) is 23.9 Å². The zero-order valence-corrected chi connectivity index (χ0v) is 9.05. The first-order chi connectivity index (χ1) is 5.99. The van der Waals surface area contributed by atoms with Crippen LogP contribution in [0.4, 0.5) is 0 Å². The van der Waals surface area contributed by atoms with Crippen LogP contribution in [-0.2, 0) is 4.79 Å². The summed E-state index contributed by atoms with van der Waals surface area (Å²) in [7, 11) is 0. The van der Waals surface area contributed by atoms with E-state index in [-0.39, 0.29) is 11.3 Å². The van der Waals surface area contributed by atoms with Crippen molar-refractivity contribution < 1.29 is 4.79 Å². The molecule has 0 aromatic rings. The van der Waals surface area contributed by atoms with Crippen LogP contribution in [0.15, 0.2) is 0 Å². The Morgan fingerprint density at radius 2 is 2.00 bits per heavy atom. The van der Waals surface area contributed by atoms with Gasteiger partial charge in [0.1, 0.15) is 0 Å². The minimum absolute atomic E-state index is 0.149. The zero-order valence-electron chi connectivity index (χ0n) is 9.05. The van der Waals surface area contributed by atoms with E-state index in [0.717, 1.165) is 6.42 Å². The van der Waals surface area contributed by atoms with Gasteiger partial charge < -0.3 is 4.90 Å². The summed E-state index contributed by atoms with van der Waals surface area (Å²) in [6.07, 6.45) is 6.02. The lowest BCUT2D eigenvalue weighted by Gasteiger charge is -2.29. The van der Waals surface area contributed by atoms with E-state index in [9.17, 15) is 4.79 Å². The fourth-order valence-corrected chi connectivity index (χ4v) is 1.02. The molecule has 2 heteroatoms. The Labute approximate surface area is 81.3 Å². The fourth-order valence-electron chi connectivity index (χ4n) is 1.02. The molecule has 0 N–H and O–H groups in total. The van der Waals surface area contributed by atoms with Crippen molar-refractivity contribution in [3.63, 3.8) is 0 Å². The molecule has 0 saturated heterocycles. The second-order valence-corrected chi connectivity index (χ2v) is 3.76. The highest BCUT2D eigenvalue weighted by atomic mass is 16.2. The fraction of sp³-hybridized carbons (Fsp3) is 0.727. The Hall–Kier alpha value is -0.970. The lowest BCUT2D eigenvalue weighted by molar-refractivity contribution is -0.139. The summed E-state index contributed by atoms with van der Waals surface area (Å²) >= 11 is 0. The Bertz CT molecular complexity index is 213. The maximum absolute atomic E-state index is 11.8. The first kappa shape index (κ1) is 12.0. The van der Waals surface area contributed by atoms with Gasteiger partial charge in [0.25, 0.3) is 0 Å². The molecule has 0 heterocycles. The zero-order chi connectivity index (χ0) is 10.5. The Morgan fingerprint density at radius 3 is 2.31 bits per heavy atom. The van der Waals surface area contributed by atoms with Crippen molar-refractivity contribution in [3.8, 4) is 12.3 Å². The highest BCUT2D eigenvalue weighted by molar-refractivity contribution is 5.82. The van der Waals surface area contributed by atoms with Crippen LogP contribution < -0.4 is 0 Å². The van der Waals surface area contributed by atoms with Crippen LogP contribution in [0.3, 0.4) is 0 Å². The van der Waals surface area contributed by atoms with E-state index in [1.54, 1.807) is 4.90 Å². The SMILES string of the molecule is C#CCN(CC)C(=O)C(C)(C)CC. The lowest BCUT2D eigenvalue weighted by atomic mass is 9.88. The average molecular weight is 181 g/mol. The predicted molar refractivity (Wildman–Crippen MR) is 55.2 cm³/mol. The number of hydrogen-bond acceptors (Lipinski definition) is 1. The van der Waals surface area contributed by atoms with E-state index in [2.05, 4.69) is 5.92 Å². The van der Waals surface area contributed by atoms with Gasteiger partial charge in [-0.2, -0.15) is 0 Å². The van der Waals surface area contributed by atoms with Gasteiger partial charge in [-0.1, -0.05) is 26.7 Å². The van der Waals surface area contributed by atoms with E-state index in [1.807, 2.05) is 27.7 Å². The third-order valence-electron chi connectivity index (χ3n) is 2.41. The number of carbonyl (C=O) groups excluding carboxylic acids is 1. The van der Waals surface area contributed by atoms with Crippen LogP contribution >= 0.6 is 0 Å². The summed E-state index contributed by atoms with van der Waals surface area (Å²) in [5.74, 6) is 2.65. The second-order valence-electron chi connectivity index (χ2n) is 3.76. The monoisotopic (exact) mass is 181 g/mol. The maximum atomic E-state index is 11.8. The molecule has 0 rings (SSSR count). The van der Waals surface area contributed by atoms with Gasteiger partial charge in [0.05, 0.1) is 6.54 Å². The molecule has 13 heavy (non-hydrogen) atoms. The third-order valence-corrected chi connectivity index (χ3v) is 2.41. The molecule has 0 saturated carbocycles. The highest BCUT2D eigenvalue weighted by Gasteiger charge is 2.28. The van der Waals surface area contributed by atoms with Crippen LogP contribution in [0.2, 0.25) is 0 Å². The third kappa shape index (κ3) is 3.10. The predicted octanol–water partition coefficient (Wildman–Crippen LogP) is 1.90. The summed E-state index contributed by atoms with van der Waals surface area (Å²) in [5, 5.41) is 0. The highest BCUT2D eigenvalue weighted by Crippen LogP contribution is 2.22. The topological polar surface area (TPSA) is 20.3 Å². The smallest absolute Gasteiger partial charge is 0.228 e. The van der Waals surface area contributed by atoms with E-state index in [1.165, 1.54) is 0 Å². The molecule has 0 aromatic heterocycles. The standard InChI is InChI=1S/C11H19NO/c1-6-9-12(8-3)10(13)11(4,5)7-2/h1H,7-9H2,2-5H3. The maximum Gasteiger partial charge on any atom is 0.228 e. The minimum atomic E-state index is -0.285. The van der Waals surface area contributed by atoms with Crippen molar-refractivity contribution in [2.24, 2.45) is 5.41 Å². The molecule has 0 aliphatic heterocycles. The van der Waals surface area contributed by atoms with Crippen LogP contribution in [0.5, 0.6) is 0 Å². The Balaban J connectivity index is 4.47. The number of carbonyl (C=O) groups is 1. The first-order valence-electron chi connectivity index (χ1n) is 4.72. The van der Waals surface area contributed by atoms with Crippen molar-refractivity contribution in [1.82, 2.24) is 4.90 Å². The largest absolute Gasteiger partial charge is 0.331 e. The van der Waals surface area contributed by atoms with Crippen molar-refractivity contribution in [2.45, 2.75) is 34.1 Å². The van der Waals surface area contributed by atoms with Crippen LogP contribution in [0.1, 0.15) is 34.1 Å². The van der Waals surface area contributed by atoms with Gasteiger partial charge in [0.2, 0.25) is 5.91 Å². The summed E-state index contributed by atoms with van der Waals surface area (Å²) in [5.41, 5.74) is -0.285. The number of hydrogen-bond donors (Lipinski definition) is 0. The Kier molecular flexibility index (Phi) is 4.55. The summed E-state index contributed by atoms with van der Waals surface area (Å²) in [6, 6.07) is 0. The molecule has 0 aromatic carbocycles. The second kappa shape index (κ2) is 4.91. The molecule has 0 spiro atoms. The molecule has 0 fully saturated rings. The van der Waals surface area contributed by atoms with Gasteiger partial charge in [0.15, 0.2) is 0 Å². The van der Waals surface area contributed by atoms with Gasteiger partial charge in [-0.05, 0) is 13.3 Å². The molecule has 0 aliphatic rings. The number of rotatable bonds is 4. The van der Waals surface area contributed by atoms with Gasteiger partial charge in [-0.15, -0.1) is 6.42 Å². The van der Waals surface area contributed by atoms with Crippen molar-refractivity contribution in [2.75, 3.05) is 13.1 Å². The quantitative estimate of drug-likeness (QED) is 0.607. The van der Waals surface area contributed by atoms with Gasteiger partial charge >= 0.3 is 0 Å². The normalized spacial score (nSPS) is 10.7. The molecular weight excluding hydrogens is 162 g/mol. The molecule has 74 valence electrons. The first-order valence-corrected chi connectivity index (χ1v) is 4.72. The molecular formula is C11H19NO. The number of amides is 1. The van der Waals surface area contributed by atoms with Crippen molar-refractivity contribution in [1.29, 1.82) is 0 Å². The molecule has 0 atom stereocenters. The minimum Gasteiger partial charge on any atom is -0.331 e. The number of terminal acetylenes is 1. The molecule has 2 nitrogen and oxygen atoms in total. The van der Waals surface area contributed by atoms with Crippen molar-refractivity contribution in [3.05, 3.63) is 0 Å². The van der Waals surface area contributed by atoms with Gasteiger partial charge in [0, 0.05) is 12.0 Å². The van der Waals surface area contributed by atoms with Gasteiger partial charge in [-0.25, -0.2) is 0 Å². The van der Waals surface area contributed by atoms with E-state index in [4.69, 9.17) is 6.42 Å². The molecule has 0 bridgehead atoms. The summed E-state index contributed by atoms with van der Waals surface area (Å²) in [4.78, 5) is 13.6. The van der Waals surface area contributed by atoms with Crippen LogP contribution in [0.25, 0.3) is 0 Å². The average Bonchev–Trinajstić information content (AvgIpc) is 2.13. The van der Waals surface area contributed by atoms with E-state index >= 15 is 0 Å². The molecule has 0 radical (unpaired) electrons. The van der Waals surface area contributed by atoms with Crippen LogP contribution in [0, 0.1) is 17.8 Å². The summed E-state index contributed by atoms with van der Waals surface area (Å²) < 4.78 is 0. The molecule has 1 amide bonds. The van der Waals surface area contributed by atoms with Gasteiger partial charge in [-0.3, -0.25) is 4.79 Å².